The van der Waals surface area contributed by atoms with Crippen LogP contribution in [0.1, 0.15) is 18.4 Å². The maximum absolute atomic E-state index is 12.4. The molecule has 0 saturated carbocycles. The molecule has 0 aromatic heterocycles. The van der Waals surface area contributed by atoms with E-state index in [0.29, 0.717) is 6.04 Å². The van der Waals surface area contributed by atoms with E-state index in [1.807, 2.05) is 12.1 Å². The fourth-order valence-corrected chi connectivity index (χ4v) is 4.36. The van der Waals surface area contributed by atoms with Gasteiger partial charge in [-0.25, -0.2) is 0 Å². The van der Waals surface area contributed by atoms with Crippen LogP contribution in [0.5, 0.6) is 0 Å². The first-order valence-electron chi connectivity index (χ1n) is 5.80. The Balaban J connectivity index is 1.82. The van der Waals surface area contributed by atoms with Gasteiger partial charge in [0, 0.05) is 23.2 Å². The van der Waals surface area contributed by atoms with Crippen LogP contribution in [-0.4, -0.2) is 28.1 Å². The largest absolute Gasteiger partial charge is 0.593 e. The number of hydrogen-bond acceptors (Lipinski definition) is 3. The highest BCUT2D eigenvalue weighted by atomic mass is 79.9. The van der Waals surface area contributed by atoms with Gasteiger partial charge < -0.3 is 9.29 Å². The molecule has 0 bridgehead atoms. The molecular formula is C12H14BrNO2S. The van der Waals surface area contributed by atoms with Gasteiger partial charge in [0.15, 0.2) is 4.90 Å². The number of fused-ring (bicyclic) bond motifs is 1. The highest BCUT2D eigenvalue weighted by Gasteiger charge is 2.39. The fraction of sp³-hybridized carbons (Fsp3) is 0.500. The van der Waals surface area contributed by atoms with Crippen molar-refractivity contribution in [1.29, 1.82) is 0 Å². The first-order valence-corrected chi connectivity index (χ1v) is 7.70. The number of benzene rings is 1. The Morgan fingerprint density at radius 3 is 2.88 bits per heavy atom. The van der Waals surface area contributed by atoms with E-state index < -0.39 is 11.4 Å². The highest BCUT2D eigenvalue weighted by Crippen LogP contribution is 2.35. The fourth-order valence-electron chi connectivity index (χ4n) is 2.43. The molecule has 1 aromatic carbocycles. The van der Waals surface area contributed by atoms with E-state index in [4.69, 9.17) is 4.74 Å². The third-order valence-electron chi connectivity index (χ3n) is 3.35. The molecule has 1 fully saturated rings. The van der Waals surface area contributed by atoms with Crippen LogP contribution in [0.3, 0.4) is 0 Å². The minimum atomic E-state index is -0.984. The lowest BCUT2D eigenvalue weighted by atomic mass is 10.1. The van der Waals surface area contributed by atoms with Crippen molar-refractivity contribution in [1.82, 2.24) is 4.31 Å². The van der Waals surface area contributed by atoms with E-state index in [0.717, 1.165) is 42.0 Å². The van der Waals surface area contributed by atoms with Gasteiger partial charge in [0.25, 0.3) is 0 Å². The second-order valence-corrected chi connectivity index (χ2v) is 6.74. The third kappa shape index (κ3) is 2.27. The first kappa shape index (κ1) is 12.0. The van der Waals surface area contributed by atoms with Crippen molar-refractivity contribution in [3.63, 3.8) is 0 Å². The molecule has 1 unspecified atom stereocenters. The van der Waals surface area contributed by atoms with Crippen LogP contribution >= 0.6 is 15.9 Å². The summed E-state index contributed by atoms with van der Waals surface area (Å²) in [5, 5.41) is 0. The maximum atomic E-state index is 12.4. The second-order valence-electron chi connectivity index (χ2n) is 4.42. The smallest absolute Gasteiger partial charge is 0.178 e. The summed E-state index contributed by atoms with van der Waals surface area (Å²) in [5.74, 6) is 0. The van der Waals surface area contributed by atoms with Gasteiger partial charge in [-0.05, 0) is 31.0 Å². The molecule has 0 spiro atoms. The maximum Gasteiger partial charge on any atom is 0.178 e. The van der Waals surface area contributed by atoms with Gasteiger partial charge in [-0.15, -0.1) is 4.31 Å². The first-order chi connectivity index (χ1) is 8.25. The molecule has 92 valence electrons. The van der Waals surface area contributed by atoms with Crippen molar-refractivity contribution in [3.05, 3.63) is 28.2 Å². The lowest BCUT2D eigenvalue weighted by Gasteiger charge is -2.29. The molecule has 3 nitrogen and oxygen atoms in total. The minimum absolute atomic E-state index is 0.399. The van der Waals surface area contributed by atoms with Gasteiger partial charge >= 0.3 is 0 Å². The molecule has 0 N–H and O–H groups in total. The SMILES string of the molecule is [O-][S+]1c2ccc(Br)cc2CN1C1CCOCC1. The summed E-state index contributed by atoms with van der Waals surface area (Å²) < 4.78 is 20.9. The Morgan fingerprint density at radius 2 is 2.12 bits per heavy atom. The zero-order valence-electron chi connectivity index (χ0n) is 9.39. The standard InChI is InChI=1S/C12H14BrNO2S/c13-10-1-2-12-9(7-10)8-14(17(12)15)11-3-5-16-6-4-11/h1-2,7,11H,3-6,8H2. The number of halogens is 1. The lowest BCUT2D eigenvalue weighted by molar-refractivity contribution is 0.0581. The summed E-state index contributed by atoms with van der Waals surface area (Å²) in [6, 6.07) is 6.40. The van der Waals surface area contributed by atoms with Gasteiger partial charge in [0.1, 0.15) is 0 Å². The predicted molar refractivity (Wildman–Crippen MR) is 69.9 cm³/mol. The normalized spacial score (nSPS) is 26.1. The molecule has 17 heavy (non-hydrogen) atoms. The van der Waals surface area contributed by atoms with Crippen LogP contribution < -0.4 is 0 Å². The van der Waals surface area contributed by atoms with Crippen LogP contribution in [0.4, 0.5) is 0 Å². The zero-order chi connectivity index (χ0) is 11.8. The lowest BCUT2D eigenvalue weighted by Crippen LogP contribution is -2.39. The Hall–Kier alpha value is -0.0700. The molecule has 2 aliphatic heterocycles. The van der Waals surface area contributed by atoms with E-state index in [9.17, 15) is 4.55 Å². The average molecular weight is 316 g/mol. The number of hydrogen-bond donors (Lipinski definition) is 0. The molecular weight excluding hydrogens is 302 g/mol. The molecule has 2 heterocycles. The molecule has 5 heteroatoms. The van der Waals surface area contributed by atoms with Crippen LogP contribution in [0.15, 0.2) is 27.6 Å². The van der Waals surface area contributed by atoms with Crippen LogP contribution in [-0.2, 0) is 22.6 Å². The van der Waals surface area contributed by atoms with E-state index in [1.54, 1.807) is 0 Å². The third-order valence-corrected chi connectivity index (χ3v) is 5.47. The average Bonchev–Trinajstić information content (AvgIpc) is 2.67. The molecule has 0 radical (unpaired) electrons. The Kier molecular flexibility index (Phi) is 3.45. The van der Waals surface area contributed by atoms with E-state index in [1.165, 1.54) is 5.56 Å². The zero-order valence-corrected chi connectivity index (χ0v) is 11.8. The number of rotatable bonds is 1. The molecule has 2 aliphatic rings. The molecule has 1 atom stereocenters. The van der Waals surface area contributed by atoms with Crippen molar-refractivity contribution >= 4 is 27.3 Å². The Morgan fingerprint density at radius 1 is 1.35 bits per heavy atom. The summed E-state index contributed by atoms with van der Waals surface area (Å²) in [6.07, 6.45) is 1.97. The van der Waals surface area contributed by atoms with Gasteiger partial charge in [-0.2, -0.15) is 0 Å². The van der Waals surface area contributed by atoms with Crippen LogP contribution in [0, 0.1) is 0 Å². The van der Waals surface area contributed by atoms with Crippen molar-refractivity contribution in [2.24, 2.45) is 0 Å². The predicted octanol–water partition coefficient (Wildman–Crippen LogP) is 2.47. The van der Waals surface area contributed by atoms with Gasteiger partial charge in [-0.3, -0.25) is 0 Å². The Bertz CT molecular complexity index is 423. The summed E-state index contributed by atoms with van der Waals surface area (Å²) >= 11 is 2.48. The number of nitrogens with zero attached hydrogens (tertiary/aromatic N) is 1. The van der Waals surface area contributed by atoms with Crippen molar-refractivity contribution in [2.75, 3.05) is 13.2 Å². The van der Waals surface area contributed by atoms with Gasteiger partial charge in [0.05, 0.1) is 23.9 Å². The molecule has 0 amide bonds. The number of ether oxygens (including phenoxy) is 1. The molecule has 1 saturated heterocycles. The quantitative estimate of drug-likeness (QED) is 0.747. The van der Waals surface area contributed by atoms with E-state index in [-0.39, 0.29) is 0 Å². The molecule has 0 aliphatic carbocycles. The van der Waals surface area contributed by atoms with Crippen LogP contribution in [0.25, 0.3) is 0 Å². The minimum Gasteiger partial charge on any atom is -0.593 e. The van der Waals surface area contributed by atoms with Gasteiger partial charge in [-0.1, -0.05) is 15.9 Å². The van der Waals surface area contributed by atoms with Crippen LogP contribution in [0.2, 0.25) is 0 Å². The van der Waals surface area contributed by atoms with Crippen molar-refractivity contribution in [2.45, 2.75) is 30.3 Å². The summed E-state index contributed by atoms with van der Waals surface area (Å²) in [4.78, 5) is 0.972. The summed E-state index contributed by atoms with van der Waals surface area (Å²) in [7, 11) is 0. The molecule has 1 aromatic rings. The summed E-state index contributed by atoms with van der Waals surface area (Å²) in [5.41, 5.74) is 1.18. The van der Waals surface area contributed by atoms with Crippen molar-refractivity contribution < 1.29 is 9.29 Å². The van der Waals surface area contributed by atoms with E-state index in [2.05, 4.69) is 26.3 Å². The van der Waals surface area contributed by atoms with Gasteiger partial charge in [0.2, 0.25) is 0 Å². The van der Waals surface area contributed by atoms with Crippen molar-refractivity contribution in [3.8, 4) is 0 Å². The highest BCUT2D eigenvalue weighted by molar-refractivity contribution is 9.10. The monoisotopic (exact) mass is 315 g/mol. The molecule has 3 rings (SSSR count). The topological polar surface area (TPSA) is 35.5 Å². The van der Waals surface area contributed by atoms with E-state index >= 15 is 0 Å². The Labute approximate surface area is 113 Å². The second kappa shape index (κ2) is 4.90. The summed E-state index contributed by atoms with van der Waals surface area (Å²) in [6.45, 7) is 2.38.